The van der Waals surface area contributed by atoms with Gasteiger partial charge in [0.25, 0.3) is 0 Å². The fraction of sp³-hybridized carbons (Fsp3) is 1.00. The molecule has 0 bridgehead atoms. The van der Waals surface area contributed by atoms with Gasteiger partial charge < -0.3 is 10.1 Å². The average molecular weight is 252 g/mol. The van der Waals surface area contributed by atoms with Gasteiger partial charge in [-0.25, -0.2) is 13.1 Å². The summed E-state index contributed by atoms with van der Waals surface area (Å²) in [6.45, 7) is 6.49. The summed E-state index contributed by atoms with van der Waals surface area (Å²) < 4.78 is 29.9. The van der Waals surface area contributed by atoms with Crippen LogP contribution in [0.25, 0.3) is 0 Å². The Kier molecular flexibility index (Phi) is 6.47. The number of methoxy groups -OCH3 is 1. The zero-order valence-corrected chi connectivity index (χ0v) is 11.6. The van der Waals surface area contributed by atoms with Gasteiger partial charge in [0.2, 0.25) is 10.0 Å². The van der Waals surface area contributed by atoms with Crippen LogP contribution in [-0.4, -0.2) is 46.5 Å². The molecule has 0 fully saturated rings. The molecule has 5 nitrogen and oxygen atoms in total. The Hall–Kier alpha value is -0.170. The van der Waals surface area contributed by atoms with Gasteiger partial charge in [-0.3, -0.25) is 0 Å². The van der Waals surface area contributed by atoms with E-state index in [9.17, 15) is 8.42 Å². The molecular weight excluding hydrogens is 228 g/mol. The number of hydrogen-bond donors (Lipinski definition) is 2. The van der Waals surface area contributed by atoms with Crippen LogP contribution < -0.4 is 10.0 Å². The van der Waals surface area contributed by atoms with Gasteiger partial charge >= 0.3 is 0 Å². The molecule has 0 saturated heterocycles. The van der Waals surface area contributed by atoms with E-state index in [1.165, 1.54) is 7.05 Å². The quantitative estimate of drug-likeness (QED) is 0.653. The van der Waals surface area contributed by atoms with Crippen LogP contribution in [0.5, 0.6) is 0 Å². The highest BCUT2D eigenvalue weighted by molar-refractivity contribution is 7.89. The lowest BCUT2D eigenvalue weighted by atomic mass is 10.00. The molecule has 98 valence electrons. The highest BCUT2D eigenvalue weighted by Crippen LogP contribution is 2.14. The molecule has 16 heavy (non-hydrogen) atoms. The standard InChI is InChI=1S/C10H24N2O3S/c1-9(8-10(2,3)15-5)12-6-7-16(13,14)11-4/h9,11-12H,6-8H2,1-5H3. The number of hydrogen-bond acceptors (Lipinski definition) is 4. The van der Waals surface area contributed by atoms with Gasteiger partial charge in [-0.05, 0) is 34.2 Å². The number of ether oxygens (including phenoxy) is 1. The molecule has 0 aliphatic carbocycles. The second kappa shape index (κ2) is 6.54. The molecule has 0 spiro atoms. The first-order valence-corrected chi connectivity index (χ1v) is 7.07. The third kappa shape index (κ3) is 7.16. The fourth-order valence-corrected chi connectivity index (χ4v) is 2.03. The van der Waals surface area contributed by atoms with Crippen molar-refractivity contribution in [1.29, 1.82) is 0 Å². The summed E-state index contributed by atoms with van der Waals surface area (Å²) >= 11 is 0. The van der Waals surface area contributed by atoms with Crippen LogP contribution in [-0.2, 0) is 14.8 Å². The summed E-state index contributed by atoms with van der Waals surface area (Å²) in [7, 11) is -0.00601. The zero-order chi connectivity index (χ0) is 12.8. The van der Waals surface area contributed by atoms with Gasteiger partial charge in [0.15, 0.2) is 0 Å². The normalized spacial score (nSPS) is 15.1. The van der Waals surface area contributed by atoms with Crippen LogP contribution in [0.1, 0.15) is 27.2 Å². The molecule has 6 heteroatoms. The van der Waals surface area contributed by atoms with Crippen LogP contribution in [0, 0.1) is 0 Å². The van der Waals surface area contributed by atoms with Crippen molar-refractivity contribution in [3.05, 3.63) is 0 Å². The van der Waals surface area contributed by atoms with Crippen molar-refractivity contribution in [2.75, 3.05) is 26.5 Å². The van der Waals surface area contributed by atoms with Crippen molar-refractivity contribution in [3.8, 4) is 0 Å². The molecule has 0 aliphatic rings. The minimum Gasteiger partial charge on any atom is -0.379 e. The van der Waals surface area contributed by atoms with Crippen LogP contribution in [0.4, 0.5) is 0 Å². The van der Waals surface area contributed by atoms with Crippen molar-refractivity contribution in [2.45, 2.75) is 38.8 Å². The predicted molar refractivity (Wildman–Crippen MR) is 66.0 cm³/mol. The zero-order valence-electron chi connectivity index (χ0n) is 10.8. The lowest BCUT2D eigenvalue weighted by molar-refractivity contribution is 0.00876. The minimum absolute atomic E-state index is 0.0985. The molecule has 0 aromatic heterocycles. The number of nitrogens with one attached hydrogen (secondary N) is 2. The van der Waals surface area contributed by atoms with Gasteiger partial charge in [-0.15, -0.1) is 0 Å². The van der Waals surface area contributed by atoms with E-state index in [0.29, 0.717) is 6.54 Å². The Labute approximate surface area is 99.0 Å². The Morgan fingerprint density at radius 3 is 2.38 bits per heavy atom. The van der Waals surface area contributed by atoms with E-state index in [4.69, 9.17) is 4.74 Å². The van der Waals surface area contributed by atoms with Crippen molar-refractivity contribution >= 4 is 10.0 Å². The van der Waals surface area contributed by atoms with E-state index in [-0.39, 0.29) is 17.4 Å². The van der Waals surface area contributed by atoms with Gasteiger partial charge in [-0.2, -0.15) is 0 Å². The van der Waals surface area contributed by atoms with Crippen LogP contribution in [0.2, 0.25) is 0 Å². The molecule has 0 saturated carbocycles. The summed E-state index contributed by atoms with van der Waals surface area (Å²) in [4.78, 5) is 0. The third-order valence-electron chi connectivity index (χ3n) is 2.52. The Bertz CT molecular complexity index is 288. The number of rotatable bonds is 8. The molecule has 0 heterocycles. The summed E-state index contributed by atoms with van der Waals surface area (Å²) in [5.74, 6) is 0.0985. The molecule has 0 radical (unpaired) electrons. The summed E-state index contributed by atoms with van der Waals surface area (Å²) in [6.07, 6.45) is 0.836. The van der Waals surface area contributed by atoms with Gasteiger partial charge in [0.1, 0.15) is 0 Å². The van der Waals surface area contributed by atoms with E-state index in [0.717, 1.165) is 6.42 Å². The highest BCUT2D eigenvalue weighted by Gasteiger charge is 2.20. The predicted octanol–water partition coefficient (Wildman–Crippen LogP) is 0.329. The minimum atomic E-state index is -3.11. The smallest absolute Gasteiger partial charge is 0.212 e. The molecule has 0 amide bonds. The van der Waals surface area contributed by atoms with Crippen LogP contribution >= 0.6 is 0 Å². The molecule has 0 rings (SSSR count). The third-order valence-corrected chi connectivity index (χ3v) is 3.89. The molecule has 0 aromatic carbocycles. The average Bonchev–Trinajstić information content (AvgIpc) is 2.17. The van der Waals surface area contributed by atoms with Gasteiger partial charge in [-0.1, -0.05) is 0 Å². The second-order valence-corrected chi connectivity index (χ2v) is 6.59. The van der Waals surface area contributed by atoms with Crippen LogP contribution in [0.15, 0.2) is 0 Å². The maximum Gasteiger partial charge on any atom is 0.212 e. The first kappa shape index (κ1) is 15.8. The molecule has 1 unspecified atom stereocenters. The molecular formula is C10H24N2O3S. The van der Waals surface area contributed by atoms with Gasteiger partial charge in [0.05, 0.1) is 11.4 Å². The van der Waals surface area contributed by atoms with Crippen molar-refractivity contribution < 1.29 is 13.2 Å². The first-order valence-electron chi connectivity index (χ1n) is 5.42. The molecule has 2 N–H and O–H groups in total. The van der Waals surface area contributed by atoms with E-state index >= 15 is 0 Å². The van der Waals surface area contributed by atoms with E-state index in [1.54, 1.807) is 7.11 Å². The maximum absolute atomic E-state index is 11.1. The van der Waals surface area contributed by atoms with E-state index in [2.05, 4.69) is 10.0 Å². The lowest BCUT2D eigenvalue weighted by Gasteiger charge is -2.27. The first-order chi connectivity index (χ1) is 7.22. The van der Waals surface area contributed by atoms with E-state index in [1.807, 2.05) is 20.8 Å². The van der Waals surface area contributed by atoms with Gasteiger partial charge in [0, 0.05) is 19.7 Å². The molecule has 0 aromatic rings. The van der Waals surface area contributed by atoms with Crippen LogP contribution in [0.3, 0.4) is 0 Å². The monoisotopic (exact) mass is 252 g/mol. The summed E-state index contributed by atoms with van der Waals surface area (Å²) in [5, 5.41) is 3.16. The molecule has 0 aliphatic heterocycles. The lowest BCUT2D eigenvalue weighted by Crippen LogP contribution is -2.38. The number of sulfonamides is 1. The van der Waals surface area contributed by atoms with Crippen molar-refractivity contribution in [3.63, 3.8) is 0 Å². The largest absolute Gasteiger partial charge is 0.379 e. The summed E-state index contributed by atoms with van der Waals surface area (Å²) in [6, 6.07) is 0.224. The Balaban J connectivity index is 3.87. The highest BCUT2D eigenvalue weighted by atomic mass is 32.2. The molecule has 1 atom stereocenters. The summed E-state index contributed by atoms with van der Waals surface area (Å²) in [5.41, 5.74) is -0.186. The maximum atomic E-state index is 11.1. The fourth-order valence-electron chi connectivity index (χ4n) is 1.43. The topological polar surface area (TPSA) is 67.4 Å². The Morgan fingerprint density at radius 1 is 1.38 bits per heavy atom. The second-order valence-electron chi connectivity index (χ2n) is 4.55. The van der Waals surface area contributed by atoms with E-state index < -0.39 is 10.0 Å². The SMILES string of the molecule is CNS(=O)(=O)CCNC(C)CC(C)(C)OC. The van der Waals surface area contributed by atoms with Crippen molar-refractivity contribution in [1.82, 2.24) is 10.0 Å². The Morgan fingerprint density at radius 2 is 1.94 bits per heavy atom. The van der Waals surface area contributed by atoms with Crippen molar-refractivity contribution in [2.24, 2.45) is 0 Å².